The number of nitrogens with zero attached hydrogens (tertiary/aromatic N) is 3. The van der Waals surface area contributed by atoms with Crippen molar-refractivity contribution in [3.63, 3.8) is 0 Å². The van der Waals surface area contributed by atoms with Crippen LogP contribution >= 0.6 is 0 Å². The van der Waals surface area contributed by atoms with Crippen LogP contribution in [-0.2, 0) is 11.3 Å². The van der Waals surface area contributed by atoms with Crippen molar-refractivity contribution in [2.45, 2.75) is 26.0 Å². The number of rotatable bonds is 6. The third kappa shape index (κ3) is 4.03. The van der Waals surface area contributed by atoms with Gasteiger partial charge in [-0.3, -0.25) is 4.79 Å². The van der Waals surface area contributed by atoms with Crippen LogP contribution in [0.4, 0.5) is 5.69 Å². The highest BCUT2D eigenvalue weighted by atomic mass is 16.5. The predicted molar refractivity (Wildman–Crippen MR) is 76.9 cm³/mol. The molecule has 21 heavy (non-hydrogen) atoms. The SMILES string of the molecule is CCC(O)c1cn(CC(=O)Nc2cccc(OC)c2)nn1. The van der Waals surface area contributed by atoms with Crippen molar-refractivity contribution >= 4 is 11.6 Å². The number of hydrogen-bond acceptors (Lipinski definition) is 5. The summed E-state index contributed by atoms with van der Waals surface area (Å²) in [7, 11) is 1.57. The van der Waals surface area contributed by atoms with Gasteiger partial charge >= 0.3 is 0 Å². The molecule has 0 fully saturated rings. The summed E-state index contributed by atoms with van der Waals surface area (Å²) in [6, 6.07) is 7.09. The fraction of sp³-hybridized carbons (Fsp3) is 0.357. The Morgan fingerprint density at radius 3 is 3.05 bits per heavy atom. The van der Waals surface area contributed by atoms with Gasteiger partial charge in [0.2, 0.25) is 5.91 Å². The molecule has 7 nitrogen and oxygen atoms in total. The predicted octanol–water partition coefficient (Wildman–Crippen LogP) is 1.37. The van der Waals surface area contributed by atoms with Crippen molar-refractivity contribution in [3.05, 3.63) is 36.2 Å². The van der Waals surface area contributed by atoms with Gasteiger partial charge in [0.1, 0.15) is 18.0 Å². The summed E-state index contributed by atoms with van der Waals surface area (Å²) >= 11 is 0. The van der Waals surface area contributed by atoms with Crippen LogP contribution in [0, 0.1) is 0 Å². The van der Waals surface area contributed by atoms with Gasteiger partial charge in [-0.25, -0.2) is 4.68 Å². The molecule has 1 unspecified atom stereocenters. The molecule has 2 aromatic rings. The first-order valence-corrected chi connectivity index (χ1v) is 6.64. The highest BCUT2D eigenvalue weighted by Crippen LogP contribution is 2.16. The van der Waals surface area contributed by atoms with Crippen LogP contribution in [0.5, 0.6) is 5.75 Å². The molecule has 1 heterocycles. The minimum absolute atomic E-state index is 0.0284. The molecular weight excluding hydrogens is 272 g/mol. The third-order valence-electron chi connectivity index (χ3n) is 2.94. The van der Waals surface area contributed by atoms with Crippen LogP contribution in [0.3, 0.4) is 0 Å². The van der Waals surface area contributed by atoms with Crippen molar-refractivity contribution in [2.75, 3.05) is 12.4 Å². The number of nitrogens with one attached hydrogen (secondary N) is 1. The highest BCUT2D eigenvalue weighted by Gasteiger charge is 2.11. The molecule has 0 radical (unpaired) electrons. The Hall–Kier alpha value is -2.41. The first-order valence-electron chi connectivity index (χ1n) is 6.64. The Kier molecular flexibility index (Phi) is 4.89. The van der Waals surface area contributed by atoms with Gasteiger partial charge in [-0.2, -0.15) is 0 Å². The van der Waals surface area contributed by atoms with E-state index in [9.17, 15) is 9.90 Å². The van der Waals surface area contributed by atoms with E-state index in [4.69, 9.17) is 4.74 Å². The van der Waals surface area contributed by atoms with E-state index >= 15 is 0 Å². The minimum Gasteiger partial charge on any atom is -0.497 e. The summed E-state index contributed by atoms with van der Waals surface area (Å²) in [5.74, 6) is 0.438. The normalized spacial score (nSPS) is 12.0. The van der Waals surface area contributed by atoms with E-state index in [-0.39, 0.29) is 12.5 Å². The van der Waals surface area contributed by atoms with Crippen LogP contribution in [-0.4, -0.2) is 33.1 Å². The third-order valence-corrected chi connectivity index (χ3v) is 2.94. The van der Waals surface area contributed by atoms with Gasteiger partial charge in [-0.1, -0.05) is 18.2 Å². The zero-order chi connectivity index (χ0) is 15.2. The molecule has 0 aliphatic rings. The minimum atomic E-state index is -0.653. The van der Waals surface area contributed by atoms with E-state index in [1.807, 2.05) is 6.92 Å². The van der Waals surface area contributed by atoms with E-state index < -0.39 is 6.10 Å². The monoisotopic (exact) mass is 290 g/mol. The van der Waals surface area contributed by atoms with Crippen molar-refractivity contribution < 1.29 is 14.6 Å². The van der Waals surface area contributed by atoms with Gasteiger partial charge in [0.05, 0.1) is 19.4 Å². The summed E-state index contributed by atoms with van der Waals surface area (Å²) < 4.78 is 6.48. The summed E-state index contributed by atoms with van der Waals surface area (Å²) in [6.07, 6.45) is 1.47. The van der Waals surface area contributed by atoms with E-state index in [0.717, 1.165) is 0 Å². The molecular formula is C14H18N4O3. The number of aliphatic hydroxyl groups excluding tert-OH is 1. The van der Waals surface area contributed by atoms with Crippen LogP contribution in [0.25, 0.3) is 0 Å². The molecule has 2 N–H and O–H groups in total. The van der Waals surface area contributed by atoms with Crippen LogP contribution < -0.4 is 10.1 Å². The molecule has 0 aliphatic heterocycles. The molecule has 1 aromatic heterocycles. The number of amides is 1. The van der Waals surface area contributed by atoms with Gasteiger partial charge in [0.25, 0.3) is 0 Å². The molecule has 112 valence electrons. The first-order chi connectivity index (χ1) is 10.1. The van der Waals surface area contributed by atoms with E-state index in [1.165, 1.54) is 4.68 Å². The number of aliphatic hydroxyl groups is 1. The second-order valence-electron chi connectivity index (χ2n) is 4.55. The van der Waals surface area contributed by atoms with Crippen molar-refractivity contribution in [1.29, 1.82) is 0 Å². The second kappa shape index (κ2) is 6.85. The Balaban J connectivity index is 1.96. The molecule has 1 amide bonds. The maximum Gasteiger partial charge on any atom is 0.246 e. The quantitative estimate of drug-likeness (QED) is 0.838. The van der Waals surface area contributed by atoms with Gasteiger partial charge in [-0.15, -0.1) is 5.10 Å². The first kappa shape index (κ1) is 15.0. The number of benzene rings is 1. The maximum absolute atomic E-state index is 11.9. The van der Waals surface area contributed by atoms with Crippen molar-refractivity contribution in [3.8, 4) is 5.75 Å². The number of carbonyl (C=O) groups is 1. The Morgan fingerprint density at radius 1 is 1.52 bits per heavy atom. The molecule has 0 saturated carbocycles. The molecule has 0 bridgehead atoms. The molecule has 7 heteroatoms. The Bertz CT molecular complexity index is 612. The van der Waals surface area contributed by atoms with Gasteiger partial charge < -0.3 is 15.2 Å². The summed E-state index contributed by atoms with van der Waals surface area (Å²) in [5.41, 5.74) is 1.11. The van der Waals surface area contributed by atoms with Crippen molar-refractivity contribution in [2.24, 2.45) is 0 Å². The van der Waals surface area contributed by atoms with E-state index in [1.54, 1.807) is 37.6 Å². The molecule has 2 rings (SSSR count). The van der Waals surface area contributed by atoms with Gasteiger partial charge in [0.15, 0.2) is 0 Å². The average Bonchev–Trinajstić information content (AvgIpc) is 2.94. The molecule has 0 saturated heterocycles. The molecule has 0 spiro atoms. The Labute approximate surface area is 122 Å². The fourth-order valence-corrected chi connectivity index (χ4v) is 1.80. The summed E-state index contributed by atoms with van der Waals surface area (Å²) in [6.45, 7) is 1.87. The van der Waals surface area contributed by atoms with Gasteiger partial charge in [0, 0.05) is 11.8 Å². The molecule has 1 aromatic carbocycles. The lowest BCUT2D eigenvalue weighted by atomic mass is 10.2. The summed E-state index contributed by atoms with van der Waals surface area (Å²) in [4.78, 5) is 11.9. The van der Waals surface area contributed by atoms with Crippen LogP contribution in [0.15, 0.2) is 30.5 Å². The topological polar surface area (TPSA) is 89.3 Å². The number of aromatic nitrogens is 3. The smallest absolute Gasteiger partial charge is 0.246 e. The number of carbonyl (C=O) groups excluding carboxylic acids is 1. The average molecular weight is 290 g/mol. The zero-order valence-corrected chi connectivity index (χ0v) is 12.0. The molecule has 0 aliphatic carbocycles. The fourth-order valence-electron chi connectivity index (χ4n) is 1.80. The lowest BCUT2D eigenvalue weighted by Crippen LogP contribution is -2.19. The van der Waals surface area contributed by atoms with E-state index in [0.29, 0.717) is 23.6 Å². The lowest BCUT2D eigenvalue weighted by Gasteiger charge is -2.06. The number of methoxy groups -OCH3 is 1. The van der Waals surface area contributed by atoms with Gasteiger partial charge in [-0.05, 0) is 18.6 Å². The second-order valence-corrected chi connectivity index (χ2v) is 4.55. The zero-order valence-electron chi connectivity index (χ0n) is 12.0. The highest BCUT2D eigenvalue weighted by molar-refractivity contribution is 5.90. The maximum atomic E-state index is 11.9. The van der Waals surface area contributed by atoms with Crippen LogP contribution in [0.2, 0.25) is 0 Å². The number of hydrogen-bond donors (Lipinski definition) is 2. The standard InChI is InChI=1S/C14H18N4O3/c1-3-13(19)12-8-18(17-16-12)9-14(20)15-10-5-4-6-11(7-10)21-2/h4-8,13,19H,3,9H2,1-2H3,(H,15,20). The summed E-state index contributed by atoms with van der Waals surface area (Å²) in [5, 5.41) is 20.0. The lowest BCUT2D eigenvalue weighted by molar-refractivity contribution is -0.116. The Morgan fingerprint density at radius 2 is 2.33 bits per heavy atom. The number of anilines is 1. The van der Waals surface area contributed by atoms with E-state index in [2.05, 4.69) is 15.6 Å². The number of ether oxygens (including phenoxy) is 1. The van der Waals surface area contributed by atoms with Crippen LogP contribution in [0.1, 0.15) is 25.1 Å². The van der Waals surface area contributed by atoms with Crippen molar-refractivity contribution in [1.82, 2.24) is 15.0 Å². The molecule has 1 atom stereocenters. The largest absolute Gasteiger partial charge is 0.497 e.